The van der Waals surface area contributed by atoms with Crippen LogP contribution in [0.1, 0.15) is 12.5 Å². The third-order valence-electron chi connectivity index (χ3n) is 2.80. The Bertz CT molecular complexity index is 465. The van der Waals surface area contributed by atoms with E-state index in [0.29, 0.717) is 0 Å². The van der Waals surface area contributed by atoms with Crippen molar-refractivity contribution in [1.29, 1.82) is 0 Å². The number of nitrogens with one attached hydrogen (secondary N) is 1. The van der Waals surface area contributed by atoms with Crippen LogP contribution in [-0.2, 0) is 6.42 Å². The quantitative estimate of drug-likeness (QED) is 0.799. The lowest BCUT2D eigenvalue weighted by atomic mass is 10.1. The zero-order chi connectivity index (χ0) is 12.1. The molecule has 0 radical (unpaired) electrons. The average Bonchev–Trinajstić information content (AvgIpc) is 2.40. The summed E-state index contributed by atoms with van der Waals surface area (Å²) in [6, 6.07) is 18.6. The van der Waals surface area contributed by atoms with Crippen LogP contribution in [0.2, 0.25) is 0 Å². The topological polar surface area (TPSA) is 15.3 Å². The fourth-order valence-corrected chi connectivity index (χ4v) is 1.90. The van der Waals surface area contributed by atoms with Crippen LogP contribution >= 0.6 is 0 Å². The van der Waals surface area contributed by atoms with Crippen LogP contribution < -0.4 is 10.4 Å². The second-order valence-corrected chi connectivity index (χ2v) is 4.02. The summed E-state index contributed by atoms with van der Waals surface area (Å²) >= 11 is 0. The lowest BCUT2D eigenvalue weighted by Crippen LogP contribution is -2.25. The molecule has 0 saturated carbocycles. The number of rotatable bonds is 4. The molecule has 0 atom stereocenters. The highest BCUT2D eigenvalue weighted by Gasteiger charge is 2.04. The number of aryl methyl sites for hydroxylation is 1. The zero-order valence-corrected chi connectivity index (χ0v) is 10.4. The van der Waals surface area contributed by atoms with Gasteiger partial charge < -0.3 is 0 Å². The van der Waals surface area contributed by atoms with Crippen molar-refractivity contribution >= 4 is 11.4 Å². The van der Waals surface area contributed by atoms with Gasteiger partial charge in [0.15, 0.2) is 0 Å². The number of hydrogen-bond donors (Lipinski definition) is 1. The van der Waals surface area contributed by atoms with Crippen LogP contribution in [-0.4, -0.2) is 7.05 Å². The molecule has 2 rings (SSSR count). The summed E-state index contributed by atoms with van der Waals surface area (Å²) in [6.07, 6.45) is 1.04. The molecule has 0 aliphatic carbocycles. The Hall–Kier alpha value is -1.96. The van der Waals surface area contributed by atoms with Gasteiger partial charge in [0.2, 0.25) is 0 Å². The fraction of sp³-hybridized carbons (Fsp3) is 0.200. The van der Waals surface area contributed by atoms with Gasteiger partial charge in [0, 0.05) is 7.05 Å². The van der Waals surface area contributed by atoms with Crippen LogP contribution in [0.4, 0.5) is 11.4 Å². The second kappa shape index (κ2) is 5.39. The standard InChI is InChI=1S/C15H18N2/c1-3-13-9-7-8-12-15(13)17(2)16-14-10-5-4-6-11-14/h4-12,16H,3H2,1-2H3. The van der Waals surface area contributed by atoms with E-state index in [1.807, 2.05) is 25.2 Å². The van der Waals surface area contributed by atoms with Gasteiger partial charge >= 0.3 is 0 Å². The predicted octanol–water partition coefficient (Wildman–Crippen LogP) is 3.71. The molecule has 0 amide bonds. The van der Waals surface area contributed by atoms with Crippen LogP contribution in [0.5, 0.6) is 0 Å². The van der Waals surface area contributed by atoms with Gasteiger partial charge in [-0.25, -0.2) is 0 Å². The van der Waals surface area contributed by atoms with E-state index in [1.165, 1.54) is 11.3 Å². The van der Waals surface area contributed by atoms with Crippen molar-refractivity contribution in [2.75, 3.05) is 17.5 Å². The van der Waals surface area contributed by atoms with Crippen molar-refractivity contribution in [3.05, 3.63) is 60.2 Å². The molecule has 88 valence electrons. The van der Waals surface area contributed by atoms with Gasteiger partial charge in [-0.15, -0.1) is 0 Å². The number of hydrazine groups is 1. The number of nitrogens with zero attached hydrogens (tertiary/aromatic N) is 1. The molecule has 2 aromatic carbocycles. The van der Waals surface area contributed by atoms with Crippen LogP contribution in [0.3, 0.4) is 0 Å². The van der Waals surface area contributed by atoms with Gasteiger partial charge in [0.25, 0.3) is 0 Å². The van der Waals surface area contributed by atoms with E-state index in [1.54, 1.807) is 0 Å². The van der Waals surface area contributed by atoms with Crippen molar-refractivity contribution in [1.82, 2.24) is 0 Å². The molecule has 0 bridgehead atoms. The zero-order valence-electron chi connectivity index (χ0n) is 10.4. The van der Waals surface area contributed by atoms with Gasteiger partial charge in [0.1, 0.15) is 0 Å². The van der Waals surface area contributed by atoms with Crippen LogP contribution in [0, 0.1) is 0 Å². The minimum atomic E-state index is 1.04. The maximum absolute atomic E-state index is 3.37. The monoisotopic (exact) mass is 226 g/mol. The molecule has 2 heteroatoms. The maximum atomic E-state index is 3.37. The highest BCUT2D eigenvalue weighted by atomic mass is 15.5. The van der Waals surface area contributed by atoms with Crippen LogP contribution in [0.25, 0.3) is 0 Å². The van der Waals surface area contributed by atoms with E-state index < -0.39 is 0 Å². The van der Waals surface area contributed by atoms with Gasteiger partial charge in [-0.3, -0.25) is 10.4 Å². The normalized spacial score (nSPS) is 10.0. The van der Waals surface area contributed by atoms with Gasteiger partial charge in [-0.05, 0) is 30.2 Å². The SMILES string of the molecule is CCc1ccccc1N(C)Nc1ccccc1. The molecule has 0 unspecified atom stereocenters. The first-order valence-corrected chi connectivity index (χ1v) is 5.94. The molecule has 0 spiro atoms. The van der Waals surface area contributed by atoms with Crippen molar-refractivity contribution in [3.63, 3.8) is 0 Å². The molecular weight excluding hydrogens is 208 g/mol. The van der Waals surface area contributed by atoms with Crippen molar-refractivity contribution in [2.45, 2.75) is 13.3 Å². The summed E-state index contributed by atoms with van der Waals surface area (Å²) in [4.78, 5) is 0. The van der Waals surface area contributed by atoms with E-state index in [9.17, 15) is 0 Å². The Morgan fingerprint density at radius 1 is 0.941 bits per heavy atom. The highest BCUT2D eigenvalue weighted by molar-refractivity contribution is 5.58. The minimum absolute atomic E-state index is 1.04. The number of para-hydroxylation sites is 2. The minimum Gasteiger partial charge on any atom is -0.299 e. The summed E-state index contributed by atoms with van der Waals surface area (Å²) in [6.45, 7) is 2.18. The average molecular weight is 226 g/mol. The van der Waals surface area contributed by atoms with Crippen LogP contribution in [0.15, 0.2) is 54.6 Å². The molecule has 17 heavy (non-hydrogen) atoms. The number of anilines is 2. The lowest BCUT2D eigenvalue weighted by Gasteiger charge is -2.24. The molecule has 0 aromatic heterocycles. The third kappa shape index (κ3) is 2.78. The Labute approximate surface area is 103 Å². The molecule has 2 nitrogen and oxygen atoms in total. The molecule has 0 aliphatic rings. The first-order chi connectivity index (χ1) is 8.31. The molecule has 1 N–H and O–H groups in total. The summed E-state index contributed by atoms with van der Waals surface area (Å²) < 4.78 is 0. The van der Waals surface area contributed by atoms with Crippen molar-refractivity contribution in [3.8, 4) is 0 Å². The molecule has 2 aromatic rings. The Kier molecular flexibility index (Phi) is 3.66. The van der Waals surface area contributed by atoms with E-state index >= 15 is 0 Å². The number of benzene rings is 2. The molecule has 0 aliphatic heterocycles. The Morgan fingerprint density at radius 3 is 2.29 bits per heavy atom. The van der Waals surface area contributed by atoms with Crippen molar-refractivity contribution < 1.29 is 0 Å². The van der Waals surface area contributed by atoms with Gasteiger partial charge in [0.05, 0.1) is 11.4 Å². The fourth-order valence-electron chi connectivity index (χ4n) is 1.90. The largest absolute Gasteiger partial charge is 0.299 e. The lowest BCUT2D eigenvalue weighted by molar-refractivity contribution is 1.04. The molecule has 0 saturated heterocycles. The van der Waals surface area contributed by atoms with Crippen molar-refractivity contribution in [2.24, 2.45) is 0 Å². The molecule has 0 fully saturated rings. The highest BCUT2D eigenvalue weighted by Crippen LogP contribution is 2.20. The first-order valence-electron chi connectivity index (χ1n) is 5.94. The number of hydrogen-bond acceptors (Lipinski definition) is 2. The van der Waals surface area contributed by atoms with E-state index in [-0.39, 0.29) is 0 Å². The molecule has 0 heterocycles. The maximum Gasteiger partial charge on any atom is 0.0600 e. The Balaban J connectivity index is 2.17. The summed E-state index contributed by atoms with van der Waals surface area (Å²) in [5.41, 5.74) is 7.03. The summed E-state index contributed by atoms with van der Waals surface area (Å²) in [5.74, 6) is 0. The van der Waals surface area contributed by atoms with Gasteiger partial charge in [-0.1, -0.05) is 43.3 Å². The second-order valence-electron chi connectivity index (χ2n) is 4.02. The van der Waals surface area contributed by atoms with E-state index in [2.05, 4.69) is 53.8 Å². The summed E-state index contributed by atoms with van der Waals surface area (Å²) in [5, 5.41) is 2.06. The Morgan fingerprint density at radius 2 is 1.59 bits per heavy atom. The van der Waals surface area contributed by atoms with E-state index in [4.69, 9.17) is 0 Å². The van der Waals surface area contributed by atoms with E-state index in [0.717, 1.165) is 12.1 Å². The third-order valence-corrected chi connectivity index (χ3v) is 2.80. The first kappa shape index (κ1) is 11.5. The summed E-state index contributed by atoms with van der Waals surface area (Å²) in [7, 11) is 2.04. The predicted molar refractivity (Wildman–Crippen MR) is 74.3 cm³/mol. The van der Waals surface area contributed by atoms with Gasteiger partial charge in [-0.2, -0.15) is 0 Å². The smallest absolute Gasteiger partial charge is 0.0600 e. The molecular formula is C15H18N2.